The third kappa shape index (κ3) is 3.54. The molecule has 0 amide bonds. The largest absolute Gasteiger partial charge is 0.538 e. The summed E-state index contributed by atoms with van der Waals surface area (Å²) in [5, 5.41) is 17.5. The standard InChI is InChI=1S/C9H10Cl2NO4S/c10-7-2-1-3-8(11)9(7)17(15,16)12-6(4-13)5-14/h1-3,6,13-14H,4-5H2/q-1. The van der Waals surface area contributed by atoms with Crippen LogP contribution in [0.3, 0.4) is 0 Å². The van der Waals surface area contributed by atoms with E-state index in [9.17, 15) is 8.42 Å². The zero-order chi connectivity index (χ0) is 13.1. The molecule has 0 spiro atoms. The maximum Gasteiger partial charge on any atom is 0.104 e. The van der Waals surface area contributed by atoms with Crippen LogP contribution in [0.15, 0.2) is 23.1 Å². The molecule has 0 bridgehead atoms. The van der Waals surface area contributed by atoms with Crippen LogP contribution in [0.1, 0.15) is 0 Å². The van der Waals surface area contributed by atoms with Crippen molar-refractivity contribution in [2.24, 2.45) is 0 Å². The number of aliphatic hydroxyl groups excluding tert-OH is 2. The Labute approximate surface area is 109 Å². The topological polar surface area (TPSA) is 88.7 Å². The van der Waals surface area contributed by atoms with Gasteiger partial charge in [-0.25, -0.2) is 8.42 Å². The highest BCUT2D eigenvalue weighted by atomic mass is 35.5. The highest BCUT2D eigenvalue weighted by Gasteiger charge is 2.15. The molecule has 0 aliphatic carbocycles. The van der Waals surface area contributed by atoms with E-state index in [0.717, 1.165) is 0 Å². The SMILES string of the molecule is O=S(=O)([N-]C(CO)CO)c1c(Cl)cccc1Cl. The van der Waals surface area contributed by atoms with Crippen molar-refractivity contribution in [3.05, 3.63) is 33.0 Å². The Bertz CT molecular complexity index is 468. The molecule has 0 aliphatic rings. The summed E-state index contributed by atoms with van der Waals surface area (Å²) in [6.07, 6.45) is 0. The van der Waals surface area contributed by atoms with E-state index in [-0.39, 0.29) is 14.9 Å². The lowest BCUT2D eigenvalue weighted by molar-refractivity contribution is 0.210. The molecule has 0 aliphatic heterocycles. The first-order chi connectivity index (χ1) is 7.92. The fourth-order valence-corrected chi connectivity index (χ4v) is 3.34. The summed E-state index contributed by atoms with van der Waals surface area (Å²) in [4.78, 5) is -0.324. The van der Waals surface area contributed by atoms with Crippen LogP contribution in [0.25, 0.3) is 4.72 Å². The first kappa shape index (κ1) is 14.7. The van der Waals surface area contributed by atoms with E-state index in [2.05, 4.69) is 4.72 Å². The third-order valence-corrected chi connectivity index (χ3v) is 4.27. The molecule has 0 unspecified atom stereocenters. The first-order valence-corrected chi connectivity index (χ1v) is 6.75. The molecule has 0 fully saturated rings. The van der Waals surface area contributed by atoms with Gasteiger partial charge in [0.15, 0.2) is 0 Å². The van der Waals surface area contributed by atoms with Gasteiger partial charge in [-0.05, 0) is 12.1 Å². The van der Waals surface area contributed by atoms with Crippen molar-refractivity contribution in [2.75, 3.05) is 13.2 Å². The fraction of sp³-hybridized carbons (Fsp3) is 0.333. The third-order valence-electron chi connectivity index (χ3n) is 1.89. The van der Waals surface area contributed by atoms with Crippen LogP contribution in [-0.2, 0) is 10.0 Å². The molecule has 1 aromatic rings. The molecular formula is C9H10Cl2NO4S-. The quantitative estimate of drug-likeness (QED) is 0.860. The van der Waals surface area contributed by atoms with Crippen molar-refractivity contribution in [1.82, 2.24) is 0 Å². The summed E-state index contributed by atoms with van der Waals surface area (Å²) in [7, 11) is -4.10. The number of hydrogen-bond acceptors (Lipinski definition) is 4. The average molecular weight is 299 g/mol. The van der Waals surface area contributed by atoms with Crippen molar-refractivity contribution in [3.8, 4) is 0 Å². The van der Waals surface area contributed by atoms with Crippen molar-refractivity contribution >= 4 is 33.2 Å². The molecule has 2 N–H and O–H groups in total. The van der Waals surface area contributed by atoms with E-state index in [4.69, 9.17) is 33.4 Å². The first-order valence-electron chi connectivity index (χ1n) is 4.55. The molecule has 0 aromatic heterocycles. The molecule has 0 heterocycles. The molecule has 5 nitrogen and oxygen atoms in total. The van der Waals surface area contributed by atoms with Crippen LogP contribution in [0, 0.1) is 0 Å². The number of aliphatic hydroxyl groups is 2. The lowest BCUT2D eigenvalue weighted by Crippen LogP contribution is -2.20. The van der Waals surface area contributed by atoms with E-state index in [1.165, 1.54) is 18.2 Å². The number of nitrogens with zero attached hydrogens (tertiary/aromatic N) is 1. The minimum Gasteiger partial charge on any atom is -0.538 e. The Balaban J connectivity index is 3.14. The summed E-state index contributed by atoms with van der Waals surface area (Å²) in [5.74, 6) is 0. The van der Waals surface area contributed by atoms with Gasteiger partial charge in [0.2, 0.25) is 0 Å². The van der Waals surface area contributed by atoms with Crippen molar-refractivity contribution in [1.29, 1.82) is 0 Å². The van der Waals surface area contributed by atoms with Gasteiger partial charge in [0.05, 0.1) is 14.9 Å². The Morgan fingerprint density at radius 2 is 1.65 bits per heavy atom. The second kappa shape index (κ2) is 5.99. The van der Waals surface area contributed by atoms with Crippen LogP contribution in [0.2, 0.25) is 10.0 Å². The van der Waals surface area contributed by atoms with Gasteiger partial charge in [0, 0.05) is 13.2 Å². The second-order valence-corrected chi connectivity index (χ2v) is 5.53. The van der Waals surface area contributed by atoms with E-state index >= 15 is 0 Å². The predicted molar refractivity (Wildman–Crippen MR) is 65.0 cm³/mol. The second-order valence-electron chi connectivity index (χ2n) is 3.15. The van der Waals surface area contributed by atoms with Gasteiger partial charge in [0.1, 0.15) is 10.0 Å². The minimum absolute atomic E-state index is 0.0594. The summed E-state index contributed by atoms with van der Waals surface area (Å²) < 4.78 is 27.0. The molecule has 0 saturated carbocycles. The van der Waals surface area contributed by atoms with Crippen LogP contribution < -0.4 is 0 Å². The van der Waals surface area contributed by atoms with Gasteiger partial charge < -0.3 is 14.9 Å². The zero-order valence-corrected chi connectivity index (χ0v) is 10.9. The minimum atomic E-state index is -4.10. The number of sulfonamides is 1. The van der Waals surface area contributed by atoms with Crippen molar-refractivity contribution in [3.63, 3.8) is 0 Å². The van der Waals surface area contributed by atoms with E-state index in [1.54, 1.807) is 0 Å². The maximum atomic E-state index is 11.8. The molecule has 0 atom stereocenters. The van der Waals surface area contributed by atoms with Crippen molar-refractivity contribution in [2.45, 2.75) is 10.9 Å². The number of halogens is 2. The summed E-state index contributed by atoms with van der Waals surface area (Å²) in [5.41, 5.74) is 0. The molecule has 17 heavy (non-hydrogen) atoms. The summed E-state index contributed by atoms with van der Waals surface area (Å²) in [6.45, 7) is -1.17. The van der Waals surface area contributed by atoms with E-state index < -0.39 is 29.3 Å². The molecule has 1 aromatic carbocycles. The Morgan fingerprint density at radius 1 is 1.18 bits per heavy atom. The molecule has 1 rings (SSSR count). The van der Waals surface area contributed by atoms with E-state index in [0.29, 0.717) is 0 Å². The van der Waals surface area contributed by atoms with Gasteiger partial charge >= 0.3 is 0 Å². The number of hydrogen-bond donors (Lipinski definition) is 2. The van der Waals surface area contributed by atoms with E-state index in [1.807, 2.05) is 0 Å². The smallest absolute Gasteiger partial charge is 0.104 e. The number of rotatable bonds is 5. The average Bonchev–Trinajstić information content (AvgIpc) is 2.25. The lowest BCUT2D eigenvalue weighted by atomic mass is 10.4. The monoisotopic (exact) mass is 298 g/mol. The normalized spacial score (nSPS) is 12.1. The van der Waals surface area contributed by atoms with Crippen LogP contribution >= 0.6 is 23.2 Å². The van der Waals surface area contributed by atoms with Gasteiger partial charge in [-0.3, -0.25) is 0 Å². The highest BCUT2D eigenvalue weighted by molar-refractivity contribution is 7.94. The van der Waals surface area contributed by atoms with Crippen LogP contribution in [0.4, 0.5) is 0 Å². The molecule has 8 heteroatoms. The Morgan fingerprint density at radius 3 is 2.06 bits per heavy atom. The van der Waals surface area contributed by atoms with Gasteiger partial charge in [-0.1, -0.05) is 35.3 Å². The fourth-order valence-electron chi connectivity index (χ4n) is 1.10. The molecule has 0 saturated heterocycles. The Kier molecular flexibility index (Phi) is 5.18. The van der Waals surface area contributed by atoms with Crippen LogP contribution in [0.5, 0.6) is 0 Å². The van der Waals surface area contributed by atoms with Crippen LogP contribution in [-0.4, -0.2) is 37.9 Å². The predicted octanol–water partition coefficient (Wildman–Crippen LogP) is 1.41. The molecule has 0 radical (unpaired) electrons. The van der Waals surface area contributed by atoms with Gasteiger partial charge in [-0.2, -0.15) is 0 Å². The zero-order valence-electron chi connectivity index (χ0n) is 8.55. The lowest BCUT2D eigenvalue weighted by Gasteiger charge is -2.28. The van der Waals surface area contributed by atoms with Crippen molar-refractivity contribution < 1.29 is 18.6 Å². The van der Waals surface area contributed by atoms with Gasteiger partial charge in [-0.15, -0.1) is 0 Å². The Hall–Kier alpha value is -0.370. The molecule has 96 valence electrons. The molecular weight excluding hydrogens is 289 g/mol. The number of benzene rings is 1. The summed E-state index contributed by atoms with van der Waals surface area (Å²) >= 11 is 11.5. The maximum absolute atomic E-state index is 11.8. The summed E-state index contributed by atoms with van der Waals surface area (Å²) in [6, 6.07) is 3.11. The van der Waals surface area contributed by atoms with Gasteiger partial charge in [0.25, 0.3) is 0 Å². The highest BCUT2D eigenvalue weighted by Crippen LogP contribution is 2.32.